The van der Waals surface area contributed by atoms with Crippen molar-refractivity contribution in [1.82, 2.24) is 15.5 Å². The molecule has 0 saturated carbocycles. The summed E-state index contributed by atoms with van der Waals surface area (Å²) in [4.78, 5) is 35.5. The predicted molar refractivity (Wildman–Crippen MR) is 118 cm³/mol. The lowest BCUT2D eigenvalue weighted by Crippen LogP contribution is -2.59. The first-order valence-electron chi connectivity index (χ1n) is 8.97. The highest BCUT2D eigenvalue weighted by molar-refractivity contribution is 7.73. The molecule has 2 atom stereocenters. The summed E-state index contributed by atoms with van der Waals surface area (Å²) in [5.74, 6) is -0.557. The van der Waals surface area contributed by atoms with Gasteiger partial charge in [0.15, 0.2) is 3.95 Å². The van der Waals surface area contributed by atoms with Crippen molar-refractivity contribution < 1.29 is 14.5 Å². The quantitative estimate of drug-likeness (QED) is 0.165. The molecule has 0 saturated heterocycles. The number of aldehydes is 1. The van der Waals surface area contributed by atoms with Crippen LogP contribution in [-0.2, 0) is 21.7 Å². The zero-order valence-electron chi connectivity index (χ0n) is 16.0. The van der Waals surface area contributed by atoms with Gasteiger partial charge in [0.05, 0.1) is 4.92 Å². The topological polar surface area (TPSA) is 156 Å². The molecule has 0 aliphatic heterocycles. The van der Waals surface area contributed by atoms with Crippen LogP contribution in [0.4, 0.5) is 10.8 Å². The molecular formula is C19H18N6O4S2. The number of aromatic amines is 1. The summed E-state index contributed by atoms with van der Waals surface area (Å²) >= 11 is 6.12. The van der Waals surface area contributed by atoms with Crippen LogP contribution in [0.3, 0.4) is 0 Å². The molecule has 160 valence electrons. The molecule has 12 heteroatoms. The summed E-state index contributed by atoms with van der Waals surface area (Å²) in [6.07, 6.45) is 0.511. The van der Waals surface area contributed by atoms with Crippen molar-refractivity contribution in [3.05, 3.63) is 79.8 Å². The Morgan fingerprint density at radius 1 is 1.29 bits per heavy atom. The smallest absolute Gasteiger partial charge is 0.269 e. The average molecular weight is 459 g/mol. The largest absolute Gasteiger partial charge is 0.350 e. The van der Waals surface area contributed by atoms with Crippen molar-refractivity contribution in [2.45, 2.75) is 18.1 Å². The van der Waals surface area contributed by atoms with Crippen LogP contribution in [0.25, 0.3) is 0 Å². The fraction of sp³-hybridized carbons (Fsp3) is 0.158. The molecule has 0 radical (unpaired) electrons. The normalized spacial score (nSPS) is 13.6. The van der Waals surface area contributed by atoms with E-state index in [-0.39, 0.29) is 12.2 Å². The van der Waals surface area contributed by atoms with Crippen molar-refractivity contribution in [2.24, 2.45) is 5.73 Å². The van der Waals surface area contributed by atoms with Gasteiger partial charge < -0.3 is 21.2 Å². The van der Waals surface area contributed by atoms with Crippen LogP contribution in [0.2, 0.25) is 0 Å². The van der Waals surface area contributed by atoms with E-state index in [1.807, 2.05) is 0 Å². The zero-order valence-corrected chi connectivity index (χ0v) is 17.6. The molecule has 0 spiro atoms. The van der Waals surface area contributed by atoms with E-state index >= 15 is 0 Å². The Hall–Kier alpha value is -3.48. The van der Waals surface area contributed by atoms with Crippen molar-refractivity contribution in [3.63, 3.8) is 0 Å². The molecule has 2 aromatic carbocycles. The maximum atomic E-state index is 13.1. The van der Waals surface area contributed by atoms with Crippen LogP contribution in [0, 0.1) is 14.1 Å². The first-order valence-corrected chi connectivity index (χ1v) is 10.2. The van der Waals surface area contributed by atoms with E-state index in [0.717, 1.165) is 11.3 Å². The van der Waals surface area contributed by atoms with Gasteiger partial charge in [0, 0.05) is 18.7 Å². The number of hydrogen-bond acceptors (Lipinski definition) is 9. The van der Waals surface area contributed by atoms with Crippen LogP contribution in [0.1, 0.15) is 11.1 Å². The first-order chi connectivity index (χ1) is 14.8. The molecule has 3 rings (SSSR count). The third-order valence-corrected chi connectivity index (χ3v) is 5.55. The molecule has 1 amide bonds. The molecule has 0 aliphatic rings. The number of nitro benzene ring substituents is 1. The van der Waals surface area contributed by atoms with E-state index in [1.54, 1.807) is 30.3 Å². The fourth-order valence-corrected chi connectivity index (χ4v) is 3.69. The van der Waals surface area contributed by atoms with E-state index in [1.165, 1.54) is 24.3 Å². The lowest BCUT2D eigenvalue weighted by atomic mass is 9.84. The van der Waals surface area contributed by atoms with Crippen molar-refractivity contribution in [1.29, 1.82) is 0 Å². The summed E-state index contributed by atoms with van der Waals surface area (Å²) < 4.78 is 0.390. The third kappa shape index (κ3) is 5.17. The van der Waals surface area contributed by atoms with Gasteiger partial charge in [0.2, 0.25) is 11.0 Å². The number of nitrogens with zero attached hydrogens (tertiary/aromatic N) is 2. The first kappa shape index (κ1) is 22.2. The second-order valence-electron chi connectivity index (χ2n) is 6.55. The van der Waals surface area contributed by atoms with Crippen LogP contribution in [0.15, 0.2) is 54.6 Å². The molecule has 0 aliphatic carbocycles. The maximum Gasteiger partial charge on any atom is 0.269 e. The van der Waals surface area contributed by atoms with Gasteiger partial charge in [-0.1, -0.05) is 53.8 Å². The van der Waals surface area contributed by atoms with Gasteiger partial charge in [-0.15, -0.1) is 5.10 Å². The highest BCUT2D eigenvalue weighted by atomic mass is 32.1. The van der Waals surface area contributed by atoms with Gasteiger partial charge in [-0.3, -0.25) is 20.0 Å². The lowest BCUT2D eigenvalue weighted by Gasteiger charge is -2.32. The number of hydrogen-bond donors (Lipinski definition) is 4. The standard InChI is InChI=1S/C19H18N6O4S2/c20-19(11-26,13-4-2-1-3-5-13)15(22-17-23-24-18(30)31-17)16(27)21-10-12-6-8-14(9-7-12)25(28)29/h1-9,11,15H,10,20H2,(H,21,27)(H,22,23)(H,24,30). The minimum absolute atomic E-state index is 0.0552. The Kier molecular flexibility index (Phi) is 6.84. The van der Waals surface area contributed by atoms with E-state index < -0.39 is 22.4 Å². The number of aromatic nitrogens is 2. The minimum atomic E-state index is -1.70. The van der Waals surface area contributed by atoms with Gasteiger partial charge in [0.1, 0.15) is 17.9 Å². The molecule has 31 heavy (non-hydrogen) atoms. The molecule has 1 aromatic heterocycles. The van der Waals surface area contributed by atoms with Gasteiger partial charge in [-0.2, -0.15) is 0 Å². The summed E-state index contributed by atoms with van der Waals surface area (Å²) in [7, 11) is 0. The van der Waals surface area contributed by atoms with Gasteiger partial charge >= 0.3 is 0 Å². The lowest BCUT2D eigenvalue weighted by molar-refractivity contribution is -0.384. The number of rotatable bonds is 9. The van der Waals surface area contributed by atoms with Crippen LogP contribution < -0.4 is 16.4 Å². The minimum Gasteiger partial charge on any atom is -0.350 e. The zero-order chi connectivity index (χ0) is 22.4. The van der Waals surface area contributed by atoms with E-state index in [0.29, 0.717) is 26.5 Å². The Bertz CT molecular complexity index is 1130. The Morgan fingerprint density at radius 2 is 1.97 bits per heavy atom. The van der Waals surface area contributed by atoms with E-state index in [4.69, 9.17) is 18.0 Å². The molecular weight excluding hydrogens is 440 g/mol. The van der Waals surface area contributed by atoms with Gasteiger partial charge in [-0.25, -0.2) is 0 Å². The summed E-state index contributed by atoms with van der Waals surface area (Å²) in [6.45, 7) is 0.0784. The molecule has 0 bridgehead atoms. The van der Waals surface area contributed by atoms with Crippen molar-refractivity contribution in [3.8, 4) is 0 Å². The summed E-state index contributed by atoms with van der Waals surface area (Å²) in [5.41, 5.74) is 5.74. The maximum absolute atomic E-state index is 13.1. The monoisotopic (exact) mass is 458 g/mol. The summed E-state index contributed by atoms with van der Waals surface area (Å²) in [5, 5.41) is 23.3. The number of nitro groups is 1. The predicted octanol–water partition coefficient (Wildman–Crippen LogP) is 2.26. The number of non-ortho nitro benzene ring substituents is 1. The highest BCUT2D eigenvalue weighted by Gasteiger charge is 2.42. The molecule has 5 N–H and O–H groups in total. The van der Waals surface area contributed by atoms with Crippen LogP contribution >= 0.6 is 23.6 Å². The van der Waals surface area contributed by atoms with Crippen LogP contribution in [-0.4, -0.2) is 33.4 Å². The fourth-order valence-electron chi connectivity index (χ4n) is 2.87. The number of nitrogens with two attached hydrogens (primary N) is 1. The highest BCUT2D eigenvalue weighted by Crippen LogP contribution is 2.25. The Labute approximate surface area is 185 Å². The number of anilines is 1. The number of carbonyl (C=O) groups excluding carboxylic acids is 2. The average Bonchev–Trinajstić information content (AvgIpc) is 3.21. The second-order valence-corrected chi connectivity index (χ2v) is 8.22. The van der Waals surface area contributed by atoms with Crippen molar-refractivity contribution >= 4 is 46.6 Å². The molecule has 0 fully saturated rings. The van der Waals surface area contributed by atoms with E-state index in [9.17, 15) is 19.7 Å². The Balaban J connectivity index is 1.86. The molecule has 2 unspecified atom stereocenters. The van der Waals surface area contributed by atoms with E-state index in [2.05, 4.69) is 20.8 Å². The number of amides is 1. The molecule has 1 heterocycles. The third-order valence-electron chi connectivity index (χ3n) is 4.53. The Morgan fingerprint density at radius 3 is 2.52 bits per heavy atom. The molecule has 10 nitrogen and oxygen atoms in total. The number of benzene rings is 2. The SMILES string of the molecule is NC(C=O)(c1ccccc1)C(Nc1n[nH]c(=S)s1)C(=O)NCc1ccc([N+](=O)[O-])cc1. The van der Waals surface area contributed by atoms with Crippen molar-refractivity contribution in [2.75, 3.05) is 5.32 Å². The number of nitrogens with one attached hydrogen (secondary N) is 3. The number of carbonyl (C=O) groups is 2. The molecule has 3 aromatic rings. The second kappa shape index (κ2) is 9.55. The van der Waals surface area contributed by atoms with Gasteiger partial charge in [-0.05, 0) is 23.3 Å². The summed E-state index contributed by atoms with van der Waals surface area (Å²) in [6, 6.07) is 13.0. The number of H-pyrrole nitrogens is 1. The van der Waals surface area contributed by atoms with Crippen LogP contribution in [0.5, 0.6) is 0 Å². The van der Waals surface area contributed by atoms with Gasteiger partial charge in [0.25, 0.3) is 5.69 Å².